The number of carboxylic acid groups (broad SMARTS) is 1. The maximum Gasteiger partial charge on any atom is 0.331 e. The molecule has 0 radical (unpaired) electrons. The van der Waals surface area contributed by atoms with Gasteiger partial charge in [0.2, 0.25) is 0 Å². The quantitative estimate of drug-likeness (QED) is 0.860. The molecule has 88 valence electrons. The van der Waals surface area contributed by atoms with Crippen LogP contribution >= 0.6 is 0 Å². The fraction of sp³-hybridized carbons (Fsp3) is 0.267. The molecule has 0 saturated carbocycles. The Morgan fingerprint density at radius 1 is 1.18 bits per heavy atom. The summed E-state index contributed by atoms with van der Waals surface area (Å²) in [7, 11) is 0. The van der Waals surface area contributed by atoms with Crippen molar-refractivity contribution in [3.63, 3.8) is 0 Å². The van der Waals surface area contributed by atoms with Crippen molar-refractivity contribution in [3.8, 4) is 0 Å². The molecule has 1 N–H and O–H groups in total. The van der Waals surface area contributed by atoms with E-state index in [1.54, 1.807) is 6.08 Å². The molecule has 0 aromatic heterocycles. The normalized spacial score (nSPS) is 15.1. The summed E-state index contributed by atoms with van der Waals surface area (Å²) < 4.78 is 0. The molecule has 17 heavy (non-hydrogen) atoms. The van der Waals surface area contributed by atoms with Crippen molar-refractivity contribution < 1.29 is 9.90 Å². The topological polar surface area (TPSA) is 37.3 Å². The molecule has 0 amide bonds. The summed E-state index contributed by atoms with van der Waals surface area (Å²) in [6, 6.07) is 8.49. The SMILES string of the molecule is CCc1ccc(C2=CC=C(C(=O)O)CC2)cc1. The molecular weight excluding hydrogens is 212 g/mol. The Hall–Kier alpha value is -1.83. The predicted octanol–water partition coefficient (Wildman–Crippen LogP) is 3.44. The van der Waals surface area contributed by atoms with Crippen LogP contribution in [0.25, 0.3) is 5.57 Å². The van der Waals surface area contributed by atoms with Gasteiger partial charge >= 0.3 is 5.97 Å². The summed E-state index contributed by atoms with van der Waals surface area (Å²) in [5.74, 6) is -0.804. The van der Waals surface area contributed by atoms with Crippen LogP contribution in [0.3, 0.4) is 0 Å². The van der Waals surface area contributed by atoms with Crippen molar-refractivity contribution in [2.75, 3.05) is 0 Å². The lowest BCUT2D eigenvalue weighted by molar-refractivity contribution is -0.132. The van der Waals surface area contributed by atoms with Crippen molar-refractivity contribution >= 4 is 11.5 Å². The third-order valence-corrected chi connectivity index (χ3v) is 3.16. The number of hydrogen-bond acceptors (Lipinski definition) is 1. The van der Waals surface area contributed by atoms with E-state index in [1.165, 1.54) is 16.7 Å². The van der Waals surface area contributed by atoms with E-state index >= 15 is 0 Å². The molecule has 0 heterocycles. The Morgan fingerprint density at radius 2 is 1.88 bits per heavy atom. The van der Waals surface area contributed by atoms with Crippen molar-refractivity contribution in [2.24, 2.45) is 0 Å². The van der Waals surface area contributed by atoms with E-state index in [0.717, 1.165) is 12.8 Å². The van der Waals surface area contributed by atoms with Crippen LogP contribution in [0, 0.1) is 0 Å². The second kappa shape index (κ2) is 5.00. The minimum Gasteiger partial charge on any atom is -0.478 e. The van der Waals surface area contributed by atoms with Crippen LogP contribution in [0.2, 0.25) is 0 Å². The number of carboxylic acids is 1. The second-order valence-electron chi connectivity index (χ2n) is 4.24. The zero-order valence-electron chi connectivity index (χ0n) is 9.94. The van der Waals surface area contributed by atoms with Crippen LogP contribution in [-0.4, -0.2) is 11.1 Å². The Morgan fingerprint density at radius 3 is 2.35 bits per heavy atom. The number of carbonyl (C=O) groups is 1. The van der Waals surface area contributed by atoms with Gasteiger partial charge in [0.05, 0.1) is 0 Å². The average Bonchev–Trinajstić information content (AvgIpc) is 2.39. The molecule has 2 rings (SSSR count). The standard InChI is InChI=1S/C15H16O2/c1-2-11-3-5-12(6-4-11)13-7-9-14(10-8-13)15(16)17/h3-7,9H,2,8,10H2,1H3,(H,16,17). The molecule has 0 spiro atoms. The van der Waals surface area contributed by atoms with Gasteiger partial charge in [-0.1, -0.05) is 43.3 Å². The van der Waals surface area contributed by atoms with Gasteiger partial charge in [-0.15, -0.1) is 0 Å². The van der Waals surface area contributed by atoms with Crippen LogP contribution in [0.1, 0.15) is 30.9 Å². The molecule has 1 aliphatic carbocycles. The van der Waals surface area contributed by atoms with Crippen LogP contribution in [0.4, 0.5) is 0 Å². The van der Waals surface area contributed by atoms with E-state index in [4.69, 9.17) is 5.11 Å². The van der Waals surface area contributed by atoms with Gasteiger partial charge in [-0.05, 0) is 36.0 Å². The molecule has 1 aromatic carbocycles. The highest BCUT2D eigenvalue weighted by atomic mass is 16.4. The largest absolute Gasteiger partial charge is 0.478 e. The summed E-state index contributed by atoms with van der Waals surface area (Å²) in [5.41, 5.74) is 4.24. The summed E-state index contributed by atoms with van der Waals surface area (Å²) in [4.78, 5) is 10.8. The average molecular weight is 228 g/mol. The molecule has 1 aromatic rings. The minimum atomic E-state index is -0.804. The highest BCUT2D eigenvalue weighted by Gasteiger charge is 2.12. The lowest BCUT2D eigenvalue weighted by atomic mass is 9.93. The Bertz CT molecular complexity index is 478. The Kier molecular flexibility index (Phi) is 3.43. The molecule has 2 heteroatoms. The van der Waals surface area contributed by atoms with Crippen molar-refractivity contribution in [3.05, 3.63) is 53.1 Å². The first-order chi connectivity index (χ1) is 8.20. The van der Waals surface area contributed by atoms with Crippen molar-refractivity contribution in [1.82, 2.24) is 0 Å². The molecule has 0 bridgehead atoms. The number of rotatable bonds is 3. The van der Waals surface area contributed by atoms with E-state index < -0.39 is 5.97 Å². The predicted molar refractivity (Wildman–Crippen MR) is 68.7 cm³/mol. The summed E-state index contributed by atoms with van der Waals surface area (Å²) >= 11 is 0. The number of hydrogen-bond donors (Lipinski definition) is 1. The van der Waals surface area contributed by atoms with Gasteiger partial charge < -0.3 is 5.11 Å². The molecule has 0 unspecified atom stereocenters. The van der Waals surface area contributed by atoms with Gasteiger partial charge in [0.1, 0.15) is 0 Å². The lowest BCUT2D eigenvalue weighted by Crippen LogP contribution is -2.03. The maximum atomic E-state index is 10.8. The van der Waals surface area contributed by atoms with Crippen LogP contribution in [0.5, 0.6) is 0 Å². The molecule has 0 saturated heterocycles. The third kappa shape index (κ3) is 2.64. The zero-order chi connectivity index (χ0) is 12.3. The van der Waals surface area contributed by atoms with Gasteiger partial charge in [0.15, 0.2) is 0 Å². The number of allylic oxidation sites excluding steroid dienone is 3. The van der Waals surface area contributed by atoms with Gasteiger partial charge in [-0.25, -0.2) is 4.79 Å². The minimum absolute atomic E-state index is 0.499. The summed E-state index contributed by atoms with van der Waals surface area (Å²) in [6.07, 6.45) is 6.12. The highest BCUT2D eigenvalue weighted by molar-refractivity contribution is 5.89. The van der Waals surface area contributed by atoms with Crippen LogP contribution < -0.4 is 0 Å². The first-order valence-electron chi connectivity index (χ1n) is 5.93. The smallest absolute Gasteiger partial charge is 0.331 e. The van der Waals surface area contributed by atoms with E-state index in [2.05, 4.69) is 31.2 Å². The Balaban J connectivity index is 2.21. The Labute approximate surface area is 101 Å². The summed E-state index contributed by atoms with van der Waals surface area (Å²) in [5, 5.41) is 8.87. The van der Waals surface area contributed by atoms with Crippen LogP contribution in [-0.2, 0) is 11.2 Å². The van der Waals surface area contributed by atoms with Crippen molar-refractivity contribution in [2.45, 2.75) is 26.2 Å². The van der Waals surface area contributed by atoms with Gasteiger partial charge in [-0.3, -0.25) is 0 Å². The molecule has 0 fully saturated rings. The zero-order valence-corrected chi connectivity index (χ0v) is 9.94. The van der Waals surface area contributed by atoms with Crippen molar-refractivity contribution in [1.29, 1.82) is 0 Å². The number of aryl methyl sites for hydroxylation is 1. The van der Waals surface area contributed by atoms with E-state index in [0.29, 0.717) is 12.0 Å². The molecule has 0 atom stereocenters. The second-order valence-corrected chi connectivity index (χ2v) is 4.24. The van der Waals surface area contributed by atoms with E-state index in [9.17, 15) is 4.79 Å². The molecule has 2 nitrogen and oxygen atoms in total. The van der Waals surface area contributed by atoms with Gasteiger partial charge in [0, 0.05) is 5.57 Å². The molecule has 1 aliphatic rings. The molecule has 0 aliphatic heterocycles. The fourth-order valence-electron chi connectivity index (χ4n) is 2.01. The third-order valence-electron chi connectivity index (χ3n) is 3.16. The number of benzene rings is 1. The van der Waals surface area contributed by atoms with E-state index in [1.807, 2.05) is 6.08 Å². The van der Waals surface area contributed by atoms with Crippen LogP contribution in [0.15, 0.2) is 42.0 Å². The highest BCUT2D eigenvalue weighted by Crippen LogP contribution is 2.27. The van der Waals surface area contributed by atoms with Gasteiger partial charge in [-0.2, -0.15) is 0 Å². The maximum absolute atomic E-state index is 10.8. The molecular formula is C15H16O2. The lowest BCUT2D eigenvalue weighted by Gasteiger charge is -2.12. The number of aliphatic carboxylic acids is 1. The first-order valence-corrected chi connectivity index (χ1v) is 5.93. The fourth-order valence-corrected chi connectivity index (χ4v) is 2.01. The first kappa shape index (κ1) is 11.6. The summed E-state index contributed by atoms with van der Waals surface area (Å²) in [6.45, 7) is 2.14. The van der Waals surface area contributed by atoms with Gasteiger partial charge in [0.25, 0.3) is 0 Å². The monoisotopic (exact) mass is 228 g/mol. The van der Waals surface area contributed by atoms with E-state index in [-0.39, 0.29) is 0 Å².